The van der Waals surface area contributed by atoms with Gasteiger partial charge in [-0.15, -0.1) is 0 Å². The molecule has 0 aromatic heterocycles. The van der Waals surface area contributed by atoms with Gasteiger partial charge in [-0.25, -0.2) is 0 Å². The van der Waals surface area contributed by atoms with E-state index in [2.05, 4.69) is 18.7 Å². The maximum Gasteiger partial charge on any atom is 0.306 e. The molecule has 0 amide bonds. The van der Waals surface area contributed by atoms with Crippen molar-refractivity contribution in [1.82, 2.24) is 0 Å². The van der Waals surface area contributed by atoms with E-state index in [1.807, 2.05) is 18.2 Å². The minimum absolute atomic E-state index is 0.0680. The number of nitrogens with two attached hydrogens (primary N) is 1. The minimum atomic E-state index is -0.220. The lowest BCUT2D eigenvalue weighted by molar-refractivity contribution is -0.143. The monoisotopic (exact) mass is 350 g/mol. The van der Waals surface area contributed by atoms with Gasteiger partial charge in [0.2, 0.25) is 0 Å². The van der Waals surface area contributed by atoms with Gasteiger partial charge in [0.05, 0.1) is 43.2 Å². The molecule has 0 spiro atoms. The van der Waals surface area contributed by atoms with Gasteiger partial charge >= 0.3 is 5.97 Å². The summed E-state index contributed by atoms with van der Waals surface area (Å²) in [6, 6.07) is 6.00. The summed E-state index contributed by atoms with van der Waals surface area (Å²) in [4.78, 5) is 14.1. The number of nitrogen functional groups attached to an aromatic ring is 1. The average Bonchev–Trinajstić information content (AvgIpc) is 2.53. The zero-order chi connectivity index (χ0) is 18.4. The second-order valence-corrected chi connectivity index (χ2v) is 7.01. The van der Waals surface area contributed by atoms with Gasteiger partial charge in [-0.2, -0.15) is 0 Å². The maximum atomic E-state index is 11.8. The molecule has 1 aromatic carbocycles. The fourth-order valence-corrected chi connectivity index (χ4v) is 3.23. The molecule has 0 aliphatic carbocycles. The molecule has 6 heteroatoms. The standard InChI is InChI=1S/C19H30N2O4/c1-5-24-18(22)11-15(12-23-4)14-6-7-17(16(20)10-14)21-8-9-25-19(2,3)13-21/h6-7,10,15H,5,8-9,11-13,20H2,1-4H3. The highest BCUT2D eigenvalue weighted by Gasteiger charge is 2.28. The van der Waals surface area contributed by atoms with Crippen molar-refractivity contribution in [3.63, 3.8) is 0 Å². The number of methoxy groups -OCH3 is 1. The molecule has 1 aliphatic rings. The predicted molar refractivity (Wildman–Crippen MR) is 99.0 cm³/mol. The Hall–Kier alpha value is -1.79. The SMILES string of the molecule is CCOC(=O)CC(COC)c1ccc(N2CCOC(C)(C)C2)c(N)c1. The zero-order valence-corrected chi connectivity index (χ0v) is 15.7. The van der Waals surface area contributed by atoms with Gasteiger partial charge in [-0.05, 0) is 38.5 Å². The summed E-state index contributed by atoms with van der Waals surface area (Å²) in [5, 5.41) is 0. The van der Waals surface area contributed by atoms with Crippen LogP contribution in [0.3, 0.4) is 0 Å². The number of hydrogen-bond donors (Lipinski definition) is 1. The fourth-order valence-electron chi connectivity index (χ4n) is 3.23. The van der Waals surface area contributed by atoms with Gasteiger partial charge in [0, 0.05) is 26.1 Å². The first kappa shape index (κ1) is 19.5. The van der Waals surface area contributed by atoms with E-state index in [0.717, 1.165) is 24.3 Å². The Bertz CT molecular complexity index is 589. The van der Waals surface area contributed by atoms with Crippen molar-refractivity contribution in [1.29, 1.82) is 0 Å². The van der Waals surface area contributed by atoms with E-state index in [9.17, 15) is 4.79 Å². The first-order chi connectivity index (χ1) is 11.9. The summed E-state index contributed by atoms with van der Waals surface area (Å²) in [6.45, 7) is 9.09. The maximum absolute atomic E-state index is 11.8. The molecular weight excluding hydrogens is 320 g/mol. The van der Waals surface area contributed by atoms with Crippen LogP contribution in [0.4, 0.5) is 11.4 Å². The number of rotatable bonds is 7. The topological polar surface area (TPSA) is 74.0 Å². The van der Waals surface area contributed by atoms with Crippen LogP contribution in [0.2, 0.25) is 0 Å². The largest absolute Gasteiger partial charge is 0.466 e. The van der Waals surface area contributed by atoms with Crippen molar-refractivity contribution in [2.24, 2.45) is 0 Å². The van der Waals surface area contributed by atoms with Crippen molar-refractivity contribution in [2.75, 3.05) is 50.7 Å². The first-order valence-corrected chi connectivity index (χ1v) is 8.79. The molecule has 25 heavy (non-hydrogen) atoms. The van der Waals surface area contributed by atoms with E-state index in [1.54, 1.807) is 14.0 Å². The molecule has 0 bridgehead atoms. The Labute approximate surface area is 150 Å². The van der Waals surface area contributed by atoms with E-state index in [0.29, 0.717) is 25.5 Å². The third-order valence-electron chi connectivity index (χ3n) is 4.38. The summed E-state index contributed by atoms with van der Waals surface area (Å²) >= 11 is 0. The number of morpholine rings is 1. The van der Waals surface area contributed by atoms with Gasteiger partial charge in [0.15, 0.2) is 0 Å². The summed E-state index contributed by atoms with van der Waals surface area (Å²) in [5.74, 6) is -0.288. The Morgan fingerprint density at radius 1 is 1.44 bits per heavy atom. The smallest absolute Gasteiger partial charge is 0.306 e. The number of hydrogen-bond acceptors (Lipinski definition) is 6. The van der Waals surface area contributed by atoms with Gasteiger partial charge in [-0.1, -0.05) is 6.07 Å². The van der Waals surface area contributed by atoms with Crippen LogP contribution >= 0.6 is 0 Å². The van der Waals surface area contributed by atoms with Crippen LogP contribution in [0, 0.1) is 0 Å². The third-order valence-corrected chi connectivity index (χ3v) is 4.38. The number of carbonyl (C=O) groups is 1. The second kappa shape index (κ2) is 8.54. The van der Waals surface area contributed by atoms with E-state index in [1.165, 1.54) is 0 Å². The molecule has 1 aliphatic heterocycles. The Kier molecular flexibility index (Phi) is 6.67. The van der Waals surface area contributed by atoms with E-state index in [-0.39, 0.29) is 23.9 Å². The summed E-state index contributed by atoms with van der Waals surface area (Å²) < 4.78 is 16.1. The molecule has 2 N–H and O–H groups in total. The van der Waals surface area contributed by atoms with E-state index < -0.39 is 0 Å². The lowest BCUT2D eigenvalue weighted by atomic mass is 9.95. The van der Waals surface area contributed by atoms with Gasteiger partial charge in [0.25, 0.3) is 0 Å². The highest BCUT2D eigenvalue weighted by molar-refractivity contribution is 5.72. The Balaban J connectivity index is 2.17. The van der Waals surface area contributed by atoms with Crippen LogP contribution in [-0.4, -0.2) is 51.6 Å². The van der Waals surface area contributed by atoms with Crippen LogP contribution < -0.4 is 10.6 Å². The highest BCUT2D eigenvalue weighted by Crippen LogP contribution is 2.32. The van der Waals surface area contributed by atoms with Crippen molar-refractivity contribution < 1.29 is 19.0 Å². The van der Waals surface area contributed by atoms with Crippen LogP contribution in [-0.2, 0) is 19.0 Å². The number of nitrogens with zero attached hydrogens (tertiary/aromatic N) is 1. The fraction of sp³-hybridized carbons (Fsp3) is 0.632. The second-order valence-electron chi connectivity index (χ2n) is 7.01. The highest BCUT2D eigenvalue weighted by atomic mass is 16.5. The Morgan fingerprint density at radius 2 is 2.20 bits per heavy atom. The molecule has 1 atom stereocenters. The molecule has 2 rings (SSSR count). The molecule has 0 saturated carbocycles. The number of anilines is 2. The van der Waals surface area contributed by atoms with Crippen LogP contribution in [0.25, 0.3) is 0 Å². The zero-order valence-electron chi connectivity index (χ0n) is 15.7. The lowest BCUT2D eigenvalue weighted by Crippen LogP contribution is -2.48. The molecule has 140 valence electrons. The van der Waals surface area contributed by atoms with Crippen molar-refractivity contribution in [2.45, 2.75) is 38.7 Å². The summed E-state index contributed by atoms with van der Waals surface area (Å²) in [6.07, 6.45) is 0.283. The predicted octanol–water partition coefficient (Wildman–Crippen LogP) is 2.57. The third kappa shape index (κ3) is 5.34. The van der Waals surface area contributed by atoms with Gasteiger partial charge in [0.1, 0.15) is 0 Å². The van der Waals surface area contributed by atoms with Crippen LogP contribution in [0.5, 0.6) is 0 Å². The number of esters is 1. The van der Waals surface area contributed by atoms with Crippen molar-refractivity contribution in [3.8, 4) is 0 Å². The van der Waals surface area contributed by atoms with Gasteiger partial charge in [-0.3, -0.25) is 4.79 Å². The Morgan fingerprint density at radius 3 is 2.80 bits per heavy atom. The molecule has 1 unspecified atom stereocenters. The van der Waals surface area contributed by atoms with Crippen molar-refractivity contribution in [3.05, 3.63) is 23.8 Å². The number of benzene rings is 1. The average molecular weight is 350 g/mol. The summed E-state index contributed by atoms with van der Waals surface area (Å²) in [7, 11) is 1.63. The summed E-state index contributed by atoms with van der Waals surface area (Å²) in [5.41, 5.74) is 8.84. The molecular formula is C19H30N2O4. The molecule has 1 heterocycles. The molecule has 6 nitrogen and oxygen atoms in total. The first-order valence-electron chi connectivity index (χ1n) is 8.79. The van der Waals surface area contributed by atoms with Crippen LogP contribution in [0.15, 0.2) is 18.2 Å². The number of carbonyl (C=O) groups excluding carboxylic acids is 1. The molecule has 1 aromatic rings. The van der Waals surface area contributed by atoms with Crippen molar-refractivity contribution >= 4 is 17.3 Å². The minimum Gasteiger partial charge on any atom is -0.466 e. The van der Waals surface area contributed by atoms with E-state index >= 15 is 0 Å². The molecule has 1 saturated heterocycles. The lowest BCUT2D eigenvalue weighted by Gasteiger charge is -2.40. The quantitative estimate of drug-likeness (QED) is 0.602. The molecule has 0 radical (unpaired) electrons. The number of ether oxygens (including phenoxy) is 3. The molecule has 1 fully saturated rings. The van der Waals surface area contributed by atoms with Gasteiger partial charge < -0.3 is 24.8 Å². The van der Waals surface area contributed by atoms with E-state index in [4.69, 9.17) is 19.9 Å². The van der Waals surface area contributed by atoms with Crippen LogP contribution in [0.1, 0.15) is 38.7 Å². The normalized spacial score (nSPS) is 18.0.